The van der Waals surface area contributed by atoms with Gasteiger partial charge in [0, 0.05) is 6.04 Å². The van der Waals surface area contributed by atoms with Crippen molar-refractivity contribution in [2.75, 3.05) is 0 Å². The molecule has 114 valence electrons. The van der Waals surface area contributed by atoms with E-state index >= 15 is 0 Å². The molecule has 0 aromatic heterocycles. The summed E-state index contributed by atoms with van der Waals surface area (Å²) in [7, 11) is 0. The Morgan fingerprint density at radius 2 is 1.90 bits per heavy atom. The number of carbonyl (C=O) groups excluding carboxylic acids is 2. The van der Waals surface area contributed by atoms with Gasteiger partial charge >= 0.3 is 6.09 Å². The van der Waals surface area contributed by atoms with Gasteiger partial charge in [0.2, 0.25) is 5.91 Å². The van der Waals surface area contributed by atoms with Gasteiger partial charge in [0.05, 0.1) is 0 Å². The van der Waals surface area contributed by atoms with Crippen molar-refractivity contribution in [3.63, 3.8) is 0 Å². The number of hydrogen-bond acceptors (Lipinski definition) is 3. The minimum Gasteiger partial charge on any atom is -0.445 e. The predicted molar refractivity (Wildman–Crippen MR) is 79.6 cm³/mol. The second-order valence-corrected chi connectivity index (χ2v) is 5.42. The largest absolute Gasteiger partial charge is 0.445 e. The first-order chi connectivity index (χ1) is 10.1. The minimum atomic E-state index is -0.589. The predicted octanol–water partition coefficient (Wildman–Crippen LogP) is 2.36. The Bertz CT molecular complexity index is 470. The number of alkyl carbamates (subject to hydrolysis) is 1. The van der Waals surface area contributed by atoms with Crippen LogP contribution in [0.2, 0.25) is 0 Å². The second kappa shape index (κ2) is 7.67. The van der Waals surface area contributed by atoms with Crippen LogP contribution in [0.5, 0.6) is 0 Å². The molecule has 1 aliphatic carbocycles. The van der Waals surface area contributed by atoms with E-state index in [2.05, 4.69) is 10.6 Å². The molecule has 2 N–H and O–H groups in total. The highest BCUT2D eigenvalue weighted by Gasteiger charge is 2.21. The van der Waals surface area contributed by atoms with Gasteiger partial charge in [-0.05, 0) is 25.3 Å². The van der Waals surface area contributed by atoms with Crippen LogP contribution in [0.4, 0.5) is 4.79 Å². The third kappa shape index (κ3) is 5.10. The zero-order valence-corrected chi connectivity index (χ0v) is 12.3. The first-order valence-electron chi connectivity index (χ1n) is 7.43. The van der Waals surface area contributed by atoms with Crippen LogP contribution in [0.25, 0.3) is 0 Å². The summed E-state index contributed by atoms with van der Waals surface area (Å²) in [5.74, 6) is -0.154. The smallest absolute Gasteiger partial charge is 0.408 e. The van der Waals surface area contributed by atoms with Crippen molar-refractivity contribution in [3.8, 4) is 0 Å². The highest BCUT2D eigenvalue weighted by atomic mass is 16.5. The zero-order chi connectivity index (χ0) is 15.1. The van der Waals surface area contributed by atoms with E-state index in [0.29, 0.717) is 0 Å². The van der Waals surface area contributed by atoms with E-state index < -0.39 is 12.1 Å². The van der Waals surface area contributed by atoms with Crippen molar-refractivity contribution in [2.45, 2.75) is 51.3 Å². The van der Waals surface area contributed by atoms with E-state index in [4.69, 9.17) is 4.74 Å². The number of amides is 2. The van der Waals surface area contributed by atoms with Crippen molar-refractivity contribution in [3.05, 3.63) is 35.9 Å². The molecule has 0 saturated heterocycles. The van der Waals surface area contributed by atoms with Crippen molar-refractivity contribution < 1.29 is 14.3 Å². The fourth-order valence-corrected chi connectivity index (χ4v) is 2.40. The number of nitrogens with one attached hydrogen (secondary N) is 2. The number of ether oxygens (including phenoxy) is 1. The molecule has 1 aromatic carbocycles. The maximum absolute atomic E-state index is 11.9. The van der Waals surface area contributed by atoms with Gasteiger partial charge in [-0.1, -0.05) is 43.2 Å². The van der Waals surface area contributed by atoms with Gasteiger partial charge in [-0.3, -0.25) is 4.79 Å². The van der Waals surface area contributed by atoms with Crippen LogP contribution in [0.3, 0.4) is 0 Å². The summed E-state index contributed by atoms with van der Waals surface area (Å²) in [5.41, 5.74) is 0.913. The third-order valence-corrected chi connectivity index (χ3v) is 3.64. The molecule has 1 aliphatic rings. The summed E-state index contributed by atoms with van der Waals surface area (Å²) in [5, 5.41) is 5.50. The molecule has 5 heteroatoms. The Morgan fingerprint density at radius 3 is 2.57 bits per heavy atom. The molecule has 0 spiro atoms. The van der Waals surface area contributed by atoms with Gasteiger partial charge in [0.25, 0.3) is 0 Å². The van der Waals surface area contributed by atoms with Crippen LogP contribution in [0, 0.1) is 0 Å². The lowest BCUT2D eigenvalue weighted by molar-refractivity contribution is -0.123. The molecule has 1 fully saturated rings. The SMILES string of the molecule is CC(NC(=O)OCc1ccccc1)C(=O)NC1CCCC1. The molecule has 1 saturated carbocycles. The minimum absolute atomic E-state index is 0.154. The molecule has 1 aromatic rings. The van der Waals surface area contributed by atoms with Gasteiger partial charge in [-0.25, -0.2) is 4.79 Å². The third-order valence-electron chi connectivity index (χ3n) is 3.64. The number of rotatable bonds is 5. The second-order valence-electron chi connectivity index (χ2n) is 5.42. The van der Waals surface area contributed by atoms with E-state index in [0.717, 1.165) is 31.2 Å². The lowest BCUT2D eigenvalue weighted by Crippen LogP contribution is -2.47. The highest BCUT2D eigenvalue weighted by Crippen LogP contribution is 2.17. The van der Waals surface area contributed by atoms with Crippen molar-refractivity contribution in [1.82, 2.24) is 10.6 Å². The maximum atomic E-state index is 11.9. The molecule has 0 aliphatic heterocycles. The Hall–Kier alpha value is -2.04. The molecule has 1 atom stereocenters. The van der Waals surface area contributed by atoms with Crippen LogP contribution >= 0.6 is 0 Å². The van der Waals surface area contributed by atoms with E-state index in [-0.39, 0.29) is 18.6 Å². The van der Waals surface area contributed by atoms with Crippen molar-refractivity contribution >= 4 is 12.0 Å². The molecule has 0 bridgehead atoms. The first kappa shape index (κ1) is 15.4. The fourth-order valence-electron chi connectivity index (χ4n) is 2.40. The molecule has 0 radical (unpaired) electrons. The lowest BCUT2D eigenvalue weighted by Gasteiger charge is -2.17. The Morgan fingerprint density at radius 1 is 1.24 bits per heavy atom. The summed E-state index contributed by atoms with van der Waals surface area (Å²) in [6, 6.07) is 9.09. The molecule has 2 amide bonds. The first-order valence-corrected chi connectivity index (χ1v) is 7.43. The average Bonchev–Trinajstić information content (AvgIpc) is 2.99. The van der Waals surface area contributed by atoms with Crippen LogP contribution in [0.15, 0.2) is 30.3 Å². The van der Waals surface area contributed by atoms with Crippen LogP contribution in [0.1, 0.15) is 38.2 Å². The Labute approximate surface area is 125 Å². The summed E-state index contributed by atoms with van der Waals surface area (Å²) in [4.78, 5) is 23.6. The van der Waals surface area contributed by atoms with E-state index in [9.17, 15) is 9.59 Å². The average molecular weight is 290 g/mol. The monoisotopic (exact) mass is 290 g/mol. The number of carbonyl (C=O) groups is 2. The molecule has 2 rings (SSSR count). The molecular weight excluding hydrogens is 268 g/mol. The Kier molecular flexibility index (Phi) is 5.60. The summed E-state index contributed by atoms with van der Waals surface area (Å²) in [6.07, 6.45) is 3.79. The van der Waals surface area contributed by atoms with E-state index in [1.54, 1.807) is 6.92 Å². The zero-order valence-electron chi connectivity index (χ0n) is 12.3. The summed E-state index contributed by atoms with van der Waals surface area (Å²) >= 11 is 0. The molecule has 1 unspecified atom stereocenters. The van der Waals surface area contributed by atoms with E-state index in [1.165, 1.54) is 0 Å². The van der Waals surface area contributed by atoms with Crippen LogP contribution in [-0.2, 0) is 16.1 Å². The van der Waals surface area contributed by atoms with Crippen LogP contribution < -0.4 is 10.6 Å². The fraction of sp³-hybridized carbons (Fsp3) is 0.500. The topological polar surface area (TPSA) is 67.4 Å². The lowest BCUT2D eigenvalue weighted by atomic mass is 10.2. The van der Waals surface area contributed by atoms with E-state index in [1.807, 2.05) is 30.3 Å². The van der Waals surface area contributed by atoms with Crippen LogP contribution in [-0.4, -0.2) is 24.1 Å². The van der Waals surface area contributed by atoms with Gasteiger partial charge in [-0.15, -0.1) is 0 Å². The van der Waals surface area contributed by atoms with Crippen molar-refractivity contribution in [2.24, 2.45) is 0 Å². The molecule has 0 heterocycles. The quantitative estimate of drug-likeness (QED) is 0.874. The highest BCUT2D eigenvalue weighted by molar-refractivity contribution is 5.85. The number of hydrogen-bond donors (Lipinski definition) is 2. The number of benzene rings is 1. The Balaban J connectivity index is 1.69. The van der Waals surface area contributed by atoms with Gasteiger partial charge in [0.1, 0.15) is 12.6 Å². The maximum Gasteiger partial charge on any atom is 0.408 e. The summed E-state index contributed by atoms with van der Waals surface area (Å²) in [6.45, 7) is 1.86. The van der Waals surface area contributed by atoms with Crippen molar-refractivity contribution in [1.29, 1.82) is 0 Å². The van der Waals surface area contributed by atoms with Gasteiger partial charge in [0.15, 0.2) is 0 Å². The molecular formula is C16H22N2O3. The summed E-state index contributed by atoms with van der Waals surface area (Å²) < 4.78 is 5.09. The molecule has 21 heavy (non-hydrogen) atoms. The standard InChI is InChI=1S/C16H22N2O3/c1-12(15(19)18-14-9-5-6-10-14)17-16(20)21-11-13-7-3-2-4-8-13/h2-4,7-8,12,14H,5-6,9-11H2,1H3,(H,17,20)(H,18,19). The molecule has 5 nitrogen and oxygen atoms in total. The normalized spacial score (nSPS) is 16.2. The van der Waals surface area contributed by atoms with Gasteiger partial charge < -0.3 is 15.4 Å². The van der Waals surface area contributed by atoms with Gasteiger partial charge in [-0.2, -0.15) is 0 Å².